The number of aromatic nitrogens is 2. The van der Waals surface area contributed by atoms with Gasteiger partial charge in [0.15, 0.2) is 0 Å². The van der Waals surface area contributed by atoms with Crippen LogP contribution in [0.4, 0.5) is 0 Å². The van der Waals surface area contributed by atoms with Crippen LogP contribution in [-0.4, -0.2) is 15.9 Å². The summed E-state index contributed by atoms with van der Waals surface area (Å²) in [5.41, 5.74) is 2.12. The van der Waals surface area contributed by atoms with Gasteiger partial charge < -0.3 is 10.3 Å². The first-order valence-electron chi connectivity index (χ1n) is 5.64. The SMILES string of the molecule is Cc1[nH]cnc1CNC(=O)CCC(C)(C)C. The lowest BCUT2D eigenvalue weighted by atomic mass is 9.90. The second-order valence-electron chi connectivity index (χ2n) is 5.31. The molecule has 1 rings (SSSR count). The molecule has 0 bridgehead atoms. The van der Waals surface area contributed by atoms with Crippen molar-refractivity contribution in [3.05, 3.63) is 17.7 Å². The number of imidazole rings is 1. The van der Waals surface area contributed by atoms with Crippen LogP contribution >= 0.6 is 0 Å². The molecule has 0 spiro atoms. The molecule has 0 radical (unpaired) electrons. The Morgan fingerprint density at radius 3 is 2.69 bits per heavy atom. The lowest BCUT2D eigenvalue weighted by molar-refractivity contribution is -0.121. The lowest BCUT2D eigenvalue weighted by Crippen LogP contribution is -2.24. The van der Waals surface area contributed by atoms with Crippen molar-refractivity contribution < 1.29 is 4.79 Å². The summed E-state index contributed by atoms with van der Waals surface area (Å²) in [5.74, 6) is 0.0947. The van der Waals surface area contributed by atoms with Crippen LogP contribution in [0.1, 0.15) is 45.0 Å². The summed E-state index contributed by atoms with van der Waals surface area (Å²) in [4.78, 5) is 18.7. The number of aryl methyl sites for hydroxylation is 1. The van der Waals surface area contributed by atoms with Crippen LogP contribution in [0.2, 0.25) is 0 Å². The summed E-state index contributed by atoms with van der Waals surface area (Å²) in [6, 6.07) is 0. The van der Waals surface area contributed by atoms with Crippen molar-refractivity contribution in [3.63, 3.8) is 0 Å². The van der Waals surface area contributed by atoms with E-state index < -0.39 is 0 Å². The highest BCUT2D eigenvalue weighted by Crippen LogP contribution is 2.20. The second kappa shape index (κ2) is 5.14. The molecule has 0 saturated carbocycles. The number of hydrogen-bond acceptors (Lipinski definition) is 2. The number of hydrogen-bond donors (Lipinski definition) is 2. The first-order chi connectivity index (χ1) is 7.38. The van der Waals surface area contributed by atoms with E-state index in [2.05, 4.69) is 36.1 Å². The average molecular weight is 223 g/mol. The zero-order valence-corrected chi connectivity index (χ0v) is 10.6. The molecule has 4 nitrogen and oxygen atoms in total. The Kier molecular flexibility index (Phi) is 4.10. The van der Waals surface area contributed by atoms with Crippen molar-refractivity contribution in [3.8, 4) is 0 Å². The van der Waals surface area contributed by atoms with E-state index in [9.17, 15) is 4.79 Å². The van der Waals surface area contributed by atoms with Crippen molar-refractivity contribution in [2.24, 2.45) is 5.41 Å². The molecule has 0 aliphatic carbocycles. The van der Waals surface area contributed by atoms with Gasteiger partial charge in [-0.05, 0) is 18.8 Å². The minimum atomic E-state index is 0.0947. The molecule has 2 N–H and O–H groups in total. The maximum atomic E-state index is 11.5. The second-order valence-corrected chi connectivity index (χ2v) is 5.31. The molecule has 1 amide bonds. The fourth-order valence-corrected chi connectivity index (χ4v) is 1.32. The van der Waals surface area contributed by atoms with E-state index >= 15 is 0 Å². The Morgan fingerprint density at radius 1 is 1.50 bits per heavy atom. The molecule has 0 atom stereocenters. The Hall–Kier alpha value is -1.32. The number of carbonyl (C=O) groups excluding carboxylic acids is 1. The van der Waals surface area contributed by atoms with Crippen LogP contribution in [-0.2, 0) is 11.3 Å². The third-order valence-electron chi connectivity index (χ3n) is 2.49. The normalized spacial score (nSPS) is 11.5. The number of nitrogens with zero attached hydrogens (tertiary/aromatic N) is 1. The van der Waals surface area contributed by atoms with E-state index in [1.165, 1.54) is 0 Å². The van der Waals surface area contributed by atoms with Gasteiger partial charge in [0.25, 0.3) is 0 Å². The van der Waals surface area contributed by atoms with Crippen molar-refractivity contribution in [1.29, 1.82) is 0 Å². The van der Waals surface area contributed by atoms with Crippen molar-refractivity contribution in [2.45, 2.75) is 47.1 Å². The minimum absolute atomic E-state index is 0.0947. The molecular formula is C12H21N3O. The summed E-state index contributed by atoms with van der Waals surface area (Å²) in [5, 5.41) is 2.88. The van der Waals surface area contributed by atoms with Crippen LogP contribution in [0.15, 0.2) is 6.33 Å². The van der Waals surface area contributed by atoms with E-state index in [4.69, 9.17) is 0 Å². The molecule has 4 heteroatoms. The third kappa shape index (κ3) is 4.47. The van der Waals surface area contributed by atoms with Gasteiger partial charge in [0.1, 0.15) is 0 Å². The molecule has 1 aromatic heterocycles. The Labute approximate surface area is 96.9 Å². The molecule has 0 aliphatic rings. The van der Waals surface area contributed by atoms with Gasteiger partial charge in [0.2, 0.25) is 5.91 Å². The zero-order chi connectivity index (χ0) is 12.2. The summed E-state index contributed by atoms with van der Waals surface area (Å²) in [6.45, 7) is 8.87. The van der Waals surface area contributed by atoms with Crippen molar-refractivity contribution >= 4 is 5.91 Å². The molecule has 0 unspecified atom stereocenters. The highest BCUT2D eigenvalue weighted by atomic mass is 16.1. The van der Waals surface area contributed by atoms with Gasteiger partial charge in [-0.3, -0.25) is 4.79 Å². The number of H-pyrrole nitrogens is 1. The van der Waals surface area contributed by atoms with Gasteiger partial charge in [-0.15, -0.1) is 0 Å². The van der Waals surface area contributed by atoms with Crippen LogP contribution in [0.5, 0.6) is 0 Å². The number of amides is 1. The van der Waals surface area contributed by atoms with Crippen LogP contribution in [0.25, 0.3) is 0 Å². The highest BCUT2D eigenvalue weighted by Gasteiger charge is 2.13. The summed E-state index contributed by atoms with van der Waals surface area (Å²) in [7, 11) is 0. The zero-order valence-electron chi connectivity index (χ0n) is 10.6. The molecule has 90 valence electrons. The predicted octanol–water partition coefficient (Wildman–Crippen LogP) is 2.16. The van der Waals surface area contributed by atoms with Gasteiger partial charge in [-0.1, -0.05) is 20.8 Å². The molecule has 0 saturated heterocycles. The molecule has 1 heterocycles. The first kappa shape index (κ1) is 12.7. The quantitative estimate of drug-likeness (QED) is 0.821. The van der Waals surface area contributed by atoms with E-state index in [0.717, 1.165) is 17.8 Å². The molecular weight excluding hydrogens is 202 g/mol. The topological polar surface area (TPSA) is 57.8 Å². The fraction of sp³-hybridized carbons (Fsp3) is 0.667. The maximum Gasteiger partial charge on any atom is 0.220 e. The summed E-state index contributed by atoms with van der Waals surface area (Å²) in [6.07, 6.45) is 3.12. The lowest BCUT2D eigenvalue weighted by Gasteiger charge is -2.17. The van der Waals surface area contributed by atoms with Gasteiger partial charge in [-0.2, -0.15) is 0 Å². The summed E-state index contributed by atoms with van der Waals surface area (Å²) < 4.78 is 0. The molecule has 0 aromatic carbocycles. The number of nitrogens with one attached hydrogen (secondary N) is 2. The predicted molar refractivity (Wildman–Crippen MR) is 63.9 cm³/mol. The summed E-state index contributed by atoms with van der Waals surface area (Å²) >= 11 is 0. The highest BCUT2D eigenvalue weighted by molar-refractivity contribution is 5.75. The number of rotatable bonds is 4. The van der Waals surface area contributed by atoms with Gasteiger partial charge in [-0.25, -0.2) is 4.98 Å². The third-order valence-corrected chi connectivity index (χ3v) is 2.49. The van der Waals surface area contributed by atoms with Gasteiger partial charge in [0, 0.05) is 12.1 Å². The average Bonchev–Trinajstić information content (AvgIpc) is 2.57. The number of aromatic amines is 1. The van der Waals surface area contributed by atoms with Crippen LogP contribution in [0.3, 0.4) is 0 Å². The van der Waals surface area contributed by atoms with Gasteiger partial charge >= 0.3 is 0 Å². The minimum Gasteiger partial charge on any atom is -0.350 e. The standard InChI is InChI=1S/C12H21N3O/c1-9-10(15-8-14-9)7-13-11(16)5-6-12(2,3)4/h8H,5-7H2,1-4H3,(H,13,16)(H,14,15). The van der Waals surface area contributed by atoms with Crippen molar-refractivity contribution in [2.75, 3.05) is 0 Å². The van der Waals surface area contributed by atoms with E-state index in [1.54, 1.807) is 6.33 Å². The van der Waals surface area contributed by atoms with Crippen LogP contribution < -0.4 is 5.32 Å². The van der Waals surface area contributed by atoms with E-state index in [-0.39, 0.29) is 11.3 Å². The Balaban J connectivity index is 2.29. The van der Waals surface area contributed by atoms with Crippen molar-refractivity contribution in [1.82, 2.24) is 15.3 Å². The van der Waals surface area contributed by atoms with Crippen LogP contribution in [0, 0.1) is 12.3 Å². The fourth-order valence-electron chi connectivity index (χ4n) is 1.32. The first-order valence-corrected chi connectivity index (χ1v) is 5.64. The monoisotopic (exact) mass is 223 g/mol. The Bertz CT molecular complexity index is 349. The molecule has 16 heavy (non-hydrogen) atoms. The van der Waals surface area contributed by atoms with E-state index in [0.29, 0.717) is 13.0 Å². The van der Waals surface area contributed by atoms with E-state index in [1.807, 2.05) is 6.92 Å². The molecule has 0 aliphatic heterocycles. The van der Waals surface area contributed by atoms with Gasteiger partial charge in [0.05, 0.1) is 18.6 Å². The Morgan fingerprint density at radius 2 is 2.19 bits per heavy atom. The smallest absolute Gasteiger partial charge is 0.220 e. The largest absolute Gasteiger partial charge is 0.350 e. The maximum absolute atomic E-state index is 11.5. The number of carbonyl (C=O) groups is 1. The molecule has 0 fully saturated rings. The molecule has 1 aromatic rings.